The first-order valence-corrected chi connectivity index (χ1v) is 23.1. The lowest BCUT2D eigenvalue weighted by Gasteiger charge is -2.35. The molecule has 0 aromatic heterocycles. The summed E-state index contributed by atoms with van der Waals surface area (Å²) >= 11 is 0. The van der Waals surface area contributed by atoms with Gasteiger partial charge in [0, 0.05) is 27.6 Å². The van der Waals surface area contributed by atoms with Crippen LogP contribution in [0.2, 0.25) is 0 Å². The first-order valence-electron chi connectivity index (χ1n) is 23.1. The van der Waals surface area contributed by atoms with Crippen LogP contribution in [-0.4, -0.2) is 0 Å². The van der Waals surface area contributed by atoms with Gasteiger partial charge in [0.25, 0.3) is 0 Å². The Balaban J connectivity index is 1.20. The van der Waals surface area contributed by atoms with Gasteiger partial charge in [0.05, 0.1) is 16.8 Å². The zero-order chi connectivity index (χ0) is 43.8. The molecule has 1 atom stereocenters. The van der Waals surface area contributed by atoms with Gasteiger partial charge < -0.3 is 4.90 Å². The summed E-state index contributed by atoms with van der Waals surface area (Å²) in [5, 5.41) is 4.89. The maximum absolute atomic E-state index is 2.63. The first-order chi connectivity index (χ1) is 32.7. The van der Waals surface area contributed by atoms with Crippen LogP contribution in [0.25, 0.3) is 54.9 Å². The minimum Gasteiger partial charge on any atom is -0.309 e. The van der Waals surface area contributed by atoms with Gasteiger partial charge in [-0.2, -0.15) is 0 Å². The topological polar surface area (TPSA) is 3.24 Å². The fraction of sp³-hybridized carbons (Fsp3) is 0.0462. The highest BCUT2D eigenvalue weighted by Crippen LogP contribution is 2.62. The van der Waals surface area contributed by atoms with Crippen LogP contribution < -0.4 is 4.90 Å². The monoisotopic (exact) mass is 839 g/mol. The molecule has 0 amide bonds. The molecule has 0 aliphatic heterocycles. The normalized spacial score (nSPS) is 15.2. The van der Waals surface area contributed by atoms with E-state index >= 15 is 0 Å². The van der Waals surface area contributed by atoms with Crippen LogP contribution in [0.4, 0.5) is 17.1 Å². The van der Waals surface area contributed by atoms with Crippen LogP contribution in [0.1, 0.15) is 45.9 Å². The lowest BCUT2D eigenvalue weighted by molar-refractivity contribution is 0.714. The van der Waals surface area contributed by atoms with Crippen molar-refractivity contribution in [2.24, 2.45) is 0 Å². The summed E-state index contributed by atoms with van der Waals surface area (Å²) in [6.07, 6.45) is 0. The van der Waals surface area contributed by atoms with Crippen LogP contribution in [0.3, 0.4) is 0 Å². The second-order valence-electron chi connectivity index (χ2n) is 18.0. The third kappa shape index (κ3) is 5.35. The van der Waals surface area contributed by atoms with E-state index in [1.165, 1.54) is 93.9 Å². The number of fused-ring (bicyclic) bond motifs is 9. The number of benzene rings is 11. The number of hydrogen-bond donors (Lipinski definition) is 0. The van der Waals surface area contributed by atoms with Crippen molar-refractivity contribution in [1.82, 2.24) is 0 Å². The SMILES string of the molecule is CC1(c2ccccc2)c2ccccc2-c2ccc(N(c3cccc4c3-c3ccccc3C4(c3ccccc3)c3ccccc3)c3c(-c4ccccc4)c4ccccc4c4ccccc34)cc21. The van der Waals surface area contributed by atoms with Crippen molar-refractivity contribution in [3.05, 3.63) is 294 Å². The highest BCUT2D eigenvalue weighted by molar-refractivity contribution is 6.23. The van der Waals surface area contributed by atoms with E-state index in [0.717, 1.165) is 17.1 Å². The van der Waals surface area contributed by atoms with Crippen molar-refractivity contribution in [3.8, 4) is 33.4 Å². The molecule has 0 spiro atoms. The van der Waals surface area contributed by atoms with E-state index in [1.807, 2.05) is 0 Å². The predicted molar refractivity (Wildman–Crippen MR) is 276 cm³/mol. The molecular weight excluding hydrogens is 795 g/mol. The predicted octanol–water partition coefficient (Wildman–Crippen LogP) is 16.8. The molecule has 1 nitrogen and oxygen atoms in total. The highest BCUT2D eigenvalue weighted by atomic mass is 15.2. The van der Waals surface area contributed by atoms with Crippen molar-refractivity contribution in [2.45, 2.75) is 17.8 Å². The Labute approximate surface area is 386 Å². The van der Waals surface area contributed by atoms with Gasteiger partial charge in [-0.1, -0.05) is 237 Å². The highest BCUT2D eigenvalue weighted by Gasteiger charge is 2.48. The van der Waals surface area contributed by atoms with Crippen LogP contribution in [0.15, 0.2) is 255 Å². The average molecular weight is 840 g/mol. The second kappa shape index (κ2) is 14.9. The zero-order valence-electron chi connectivity index (χ0n) is 36.7. The first kappa shape index (κ1) is 38.2. The second-order valence-corrected chi connectivity index (χ2v) is 18.0. The van der Waals surface area contributed by atoms with Gasteiger partial charge in [0.2, 0.25) is 0 Å². The Morgan fingerprint density at radius 2 is 0.803 bits per heavy atom. The molecular formula is C65H45N. The van der Waals surface area contributed by atoms with E-state index in [-0.39, 0.29) is 5.41 Å². The standard InChI is InChI=1S/C65H45N/c1-64(45-25-8-3-9-26-45)56-37-20-18-33-51(56)52-42-41-48(43-59(52)64)66(63-54-35-17-15-32-50(54)49-31-14-16-34-53(49)61(63)44-23-6-2-7-24-44)60-40-22-39-58-62(60)55-36-19-21-38-57(55)65(58,46-27-10-4-11-28-46)47-29-12-5-13-30-47/h2-43H,1H3. The lowest BCUT2D eigenvalue weighted by atomic mass is 9.68. The molecule has 310 valence electrons. The van der Waals surface area contributed by atoms with Crippen LogP contribution >= 0.6 is 0 Å². The third-order valence-electron chi connectivity index (χ3n) is 14.8. The summed E-state index contributed by atoms with van der Waals surface area (Å²) in [7, 11) is 0. The molecule has 1 heteroatoms. The molecule has 11 aromatic rings. The number of rotatable bonds is 7. The van der Waals surface area contributed by atoms with E-state index in [1.54, 1.807) is 0 Å². The third-order valence-corrected chi connectivity index (χ3v) is 14.8. The summed E-state index contributed by atoms with van der Waals surface area (Å²) in [4.78, 5) is 2.63. The van der Waals surface area contributed by atoms with E-state index in [0.29, 0.717) is 0 Å². The fourth-order valence-electron chi connectivity index (χ4n) is 12.0. The summed E-state index contributed by atoms with van der Waals surface area (Å²) < 4.78 is 0. The quantitative estimate of drug-likeness (QED) is 0.145. The number of anilines is 3. The van der Waals surface area contributed by atoms with Crippen molar-refractivity contribution >= 4 is 38.6 Å². The Morgan fingerprint density at radius 1 is 0.318 bits per heavy atom. The molecule has 0 heterocycles. The fourth-order valence-corrected chi connectivity index (χ4v) is 12.0. The molecule has 66 heavy (non-hydrogen) atoms. The van der Waals surface area contributed by atoms with Crippen LogP contribution in [-0.2, 0) is 10.8 Å². The molecule has 13 rings (SSSR count). The summed E-state index contributed by atoms with van der Waals surface area (Å²) in [5.74, 6) is 0. The molecule has 0 fully saturated rings. The molecule has 1 unspecified atom stereocenters. The maximum atomic E-state index is 2.63. The van der Waals surface area contributed by atoms with Crippen molar-refractivity contribution in [3.63, 3.8) is 0 Å². The Morgan fingerprint density at radius 3 is 1.47 bits per heavy atom. The van der Waals surface area contributed by atoms with Gasteiger partial charge in [-0.3, -0.25) is 0 Å². The molecule has 0 radical (unpaired) electrons. The molecule has 2 aliphatic rings. The lowest BCUT2D eigenvalue weighted by Crippen LogP contribution is -2.28. The molecule has 0 saturated carbocycles. The zero-order valence-corrected chi connectivity index (χ0v) is 36.7. The molecule has 0 N–H and O–H groups in total. The van der Waals surface area contributed by atoms with E-state index < -0.39 is 5.41 Å². The van der Waals surface area contributed by atoms with Crippen molar-refractivity contribution in [1.29, 1.82) is 0 Å². The Bertz CT molecular complexity index is 3610. The molecule has 0 saturated heterocycles. The maximum Gasteiger partial charge on any atom is 0.0714 e. The molecule has 11 aromatic carbocycles. The van der Waals surface area contributed by atoms with Crippen molar-refractivity contribution < 1.29 is 0 Å². The summed E-state index contributed by atoms with van der Waals surface area (Å²) in [6, 6.07) is 95.0. The minimum absolute atomic E-state index is 0.385. The largest absolute Gasteiger partial charge is 0.309 e. The van der Waals surface area contributed by atoms with Gasteiger partial charge in [-0.05, 0) is 102 Å². The molecule has 2 aliphatic carbocycles. The summed E-state index contributed by atoms with van der Waals surface area (Å²) in [5.41, 5.74) is 18.9. The van der Waals surface area contributed by atoms with Gasteiger partial charge in [0.1, 0.15) is 0 Å². The average Bonchev–Trinajstić information content (AvgIpc) is 3.85. The van der Waals surface area contributed by atoms with E-state index in [4.69, 9.17) is 0 Å². The smallest absolute Gasteiger partial charge is 0.0714 e. The Hall–Kier alpha value is -8.26. The minimum atomic E-state index is -0.560. The van der Waals surface area contributed by atoms with Crippen molar-refractivity contribution in [2.75, 3.05) is 4.90 Å². The number of nitrogens with zero attached hydrogens (tertiary/aromatic N) is 1. The number of hydrogen-bond acceptors (Lipinski definition) is 1. The summed E-state index contributed by atoms with van der Waals surface area (Å²) in [6.45, 7) is 2.42. The van der Waals surface area contributed by atoms with Gasteiger partial charge in [-0.15, -0.1) is 0 Å². The molecule has 0 bridgehead atoms. The van der Waals surface area contributed by atoms with E-state index in [2.05, 4.69) is 267 Å². The van der Waals surface area contributed by atoms with Gasteiger partial charge in [0.15, 0.2) is 0 Å². The van der Waals surface area contributed by atoms with Crippen LogP contribution in [0.5, 0.6) is 0 Å². The van der Waals surface area contributed by atoms with Gasteiger partial charge in [-0.25, -0.2) is 0 Å². The van der Waals surface area contributed by atoms with E-state index in [9.17, 15) is 0 Å². The Kier molecular flexibility index (Phi) is 8.63. The van der Waals surface area contributed by atoms with Gasteiger partial charge >= 0.3 is 0 Å². The van der Waals surface area contributed by atoms with Crippen LogP contribution in [0, 0.1) is 0 Å².